The molecule has 0 bridgehead atoms. The van der Waals surface area contributed by atoms with E-state index < -0.39 is 0 Å². The zero-order valence-electron chi connectivity index (χ0n) is 15.1. The standard InChI is InChI=1S/C22H21N3O2/c1-14(15-7-9-16(10-8-15)17-11-12-17)23-22(27)19-13-20(26)25-21(24-19)18-5-3-2-4-6-18/h2-10,13-14,17H,11-12H2,1H3,(H,23,27)(H,24,25,26). The van der Waals surface area contributed by atoms with E-state index in [0.717, 1.165) is 11.1 Å². The monoisotopic (exact) mass is 359 g/mol. The van der Waals surface area contributed by atoms with Crippen LogP contribution in [0.4, 0.5) is 0 Å². The van der Waals surface area contributed by atoms with Crippen LogP contribution in [0.5, 0.6) is 0 Å². The molecule has 5 heteroatoms. The van der Waals surface area contributed by atoms with Crippen LogP contribution in [-0.4, -0.2) is 15.9 Å². The number of carbonyl (C=O) groups is 1. The fourth-order valence-electron chi connectivity index (χ4n) is 3.13. The number of benzene rings is 2. The molecule has 1 unspecified atom stereocenters. The molecule has 1 heterocycles. The lowest BCUT2D eigenvalue weighted by Crippen LogP contribution is -2.29. The zero-order chi connectivity index (χ0) is 18.8. The van der Waals surface area contributed by atoms with Gasteiger partial charge in [0.25, 0.3) is 11.5 Å². The molecule has 2 N–H and O–H groups in total. The third-order valence-electron chi connectivity index (χ3n) is 4.85. The Labute approximate surface area is 157 Å². The Morgan fingerprint density at radius 2 is 1.81 bits per heavy atom. The molecule has 4 rings (SSSR count). The molecule has 5 nitrogen and oxygen atoms in total. The van der Waals surface area contributed by atoms with Gasteiger partial charge in [-0.3, -0.25) is 9.59 Å². The fraction of sp³-hybridized carbons (Fsp3) is 0.227. The first-order valence-corrected chi connectivity index (χ1v) is 9.17. The number of aromatic nitrogens is 2. The summed E-state index contributed by atoms with van der Waals surface area (Å²) < 4.78 is 0. The first-order valence-electron chi connectivity index (χ1n) is 9.17. The molecule has 1 fully saturated rings. The molecule has 27 heavy (non-hydrogen) atoms. The van der Waals surface area contributed by atoms with Gasteiger partial charge in [-0.2, -0.15) is 0 Å². The van der Waals surface area contributed by atoms with E-state index in [1.54, 1.807) is 0 Å². The molecule has 1 atom stereocenters. The topological polar surface area (TPSA) is 74.8 Å². The van der Waals surface area contributed by atoms with E-state index in [-0.39, 0.29) is 23.2 Å². The highest BCUT2D eigenvalue weighted by Crippen LogP contribution is 2.40. The maximum atomic E-state index is 12.6. The molecule has 3 aromatic rings. The Hall–Kier alpha value is -3.21. The average molecular weight is 359 g/mol. The van der Waals surface area contributed by atoms with E-state index in [9.17, 15) is 9.59 Å². The van der Waals surface area contributed by atoms with Gasteiger partial charge in [0.05, 0.1) is 6.04 Å². The Balaban J connectivity index is 1.52. The Bertz CT molecular complexity index is 1010. The van der Waals surface area contributed by atoms with Gasteiger partial charge >= 0.3 is 0 Å². The van der Waals surface area contributed by atoms with E-state index in [1.165, 1.54) is 24.5 Å². The average Bonchev–Trinajstić information content (AvgIpc) is 3.53. The number of carbonyl (C=O) groups excluding carboxylic acids is 1. The van der Waals surface area contributed by atoms with Crippen molar-refractivity contribution in [1.29, 1.82) is 0 Å². The van der Waals surface area contributed by atoms with Crippen molar-refractivity contribution in [2.45, 2.75) is 31.7 Å². The molecule has 0 aliphatic heterocycles. The molecule has 0 radical (unpaired) electrons. The van der Waals surface area contributed by atoms with Gasteiger partial charge in [-0.15, -0.1) is 0 Å². The summed E-state index contributed by atoms with van der Waals surface area (Å²) in [5, 5.41) is 2.93. The van der Waals surface area contributed by atoms with E-state index >= 15 is 0 Å². The fourth-order valence-corrected chi connectivity index (χ4v) is 3.13. The molecule has 0 spiro atoms. The van der Waals surface area contributed by atoms with Gasteiger partial charge < -0.3 is 10.3 Å². The molecule has 1 saturated carbocycles. The zero-order valence-corrected chi connectivity index (χ0v) is 15.1. The van der Waals surface area contributed by atoms with Crippen LogP contribution in [0.3, 0.4) is 0 Å². The number of hydrogen-bond acceptors (Lipinski definition) is 3. The van der Waals surface area contributed by atoms with Gasteiger partial charge in [0.2, 0.25) is 0 Å². The molecule has 1 amide bonds. The van der Waals surface area contributed by atoms with E-state index in [1.807, 2.05) is 37.3 Å². The second-order valence-electron chi connectivity index (χ2n) is 6.98. The van der Waals surface area contributed by atoms with Crippen molar-refractivity contribution in [2.24, 2.45) is 0 Å². The minimum atomic E-state index is -0.364. The summed E-state index contributed by atoms with van der Waals surface area (Å²) >= 11 is 0. The molecule has 1 aromatic heterocycles. The molecule has 1 aliphatic rings. The maximum Gasteiger partial charge on any atom is 0.270 e. The second kappa shape index (κ2) is 7.19. The molecule has 2 aromatic carbocycles. The van der Waals surface area contributed by atoms with Gasteiger partial charge in [0.15, 0.2) is 0 Å². The van der Waals surface area contributed by atoms with Gasteiger partial charge in [-0.05, 0) is 36.8 Å². The second-order valence-corrected chi connectivity index (χ2v) is 6.98. The van der Waals surface area contributed by atoms with Crippen molar-refractivity contribution in [3.8, 4) is 11.4 Å². The Kier molecular flexibility index (Phi) is 4.59. The molecular formula is C22H21N3O2. The smallest absolute Gasteiger partial charge is 0.270 e. The van der Waals surface area contributed by atoms with Crippen molar-refractivity contribution in [1.82, 2.24) is 15.3 Å². The highest BCUT2D eigenvalue weighted by molar-refractivity contribution is 5.92. The van der Waals surface area contributed by atoms with Crippen LogP contribution in [0.15, 0.2) is 65.5 Å². The summed E-state index contributed by atoms with van der Waals surface area (Å²) in [6, 6.07) is 18.7. The van der Waals surface area contributed by atoms with Crippen molar-refractivity contribution >= 4 is 5.91 Å². The molecule has 1 aliphatic carbocycles. The number of nitrogens with one attached hydrogen (secondary N) is 2. The van der Waals surface area contributed by atoms with Gasteiger partial charge in [0.1, 0.15) is 11.5 Å². The van der Waals surface area contributed by atoms with E-state index in [0.29, 0.717) is 11.7 Å². The number of rotatable bonds is 5. The first kappa shape index (κ1) is 17.2. The predicted octanol–water partition coefficient (Wildman–Crippen LogP) is 3.81. The predicted molar refractivity (Wildman–Crippen MR) is 105 cm³/mol. The lowest BCUT2D eigenvalue weighted by molar-refractivity contribution is 0.0934. The largest absolute Gasteiger partial charge is 0.344 e. The third-order valence-corrected chi connectivity index (χ3v) is 4.85. The number of hydrogen-bond donors (Lipinski definition) is 2. The van der Waals surface area contributed by atoms with Crippen molar-refractivity contribution in [3.05, 3.63) is 87.8 Å². The van der Waals surface area contributed by atoms with Crippen molar-refractivity contribution in [2.75, 3.05) is 0 Å². The molecular weight excluding hydrogens is 338 g/mol. The van der Waals surface area contributed by atoms with Crippen molar-refractivity contribution < 1.29 is 4.79 Å². The lowest BCUT2D eigenvalue weighted by Gasteiger charge is -2.15. The summed E-state index contributed by atoms with van der Waals surface area (Å²) in [4.78, 5) is 31.6. The number of H-pyrrole nitrogens is 1. The van der Waals surface area contributed by atoms with Gasteiger partial charge in [-0.25, -0.2) is 4.98 Å². The number of nitrogens with zero attached hydrogens (tertiary/aromatic N) is 1. The van der Waals surface area contributed by atoms with Gasteiger partial charge in [0, 0.05) is 11.6 Å². The van der Waals surface area contributed by atoms with Gasteiger partial charge in [-0.1, -0.05) is 54.6 Å². The first-order chi connectivity index (χ1) is 13.1. The summed E-state index contributed by atoms with van der Waals surface area (Å²) in [6.07, 6.45) is 2.53. The quantitative estimate of drug-likeness (QED) is 0.727. The highest BCUT2D eigenvalue weighted by atomic mass is 16.2. The summed E-state index contributed by atoms with van der Waals surface area (Å²) in [5.41, 5.74) is 2.91. The van der Waals surface area contributed by atoms with E-state index in [4.69, 9.17) is 0 Å². The molecule has 0 saturated heterocycles. The minimum absolute atomic E-state index is 0.110. The third kappa shape index (κ3) is 3.97. The SMILES string of the molecule is CC(NC(=O)c1cc(=O)[nH]c(-c2ccccc2)n1)c1ccc(C2CC2)cc1. The van der Waals surface area contributed by atoms with Crippen LogP contribution in [0.1, 0.15) is 53.3 Å². The normalized spacial score (nSPS) is 14.6. The number of amides is 1. The summed E-state index contributed by atoms with van der Waals surface area (Å²) in [7, 11) is 0. The lowest BCUT2D eigenvalue weighted by atomic mass is 10.0. The summed E-state index contributed by atoms with van der Waals surface area (Å²) in [6.45, 7) is 1.93. The minimum Gasteiger partial charge on any atom is -0.344 e. The highest BCUT2D eigenvalue weighted by Gasteiger charge is 2.23. The van der Waals surface area contributed by atoms with Crippen LogP contribution in [0, 0.1) is 0 Å². The van der Waals surface area contributed by atoms with Crippen LogP contribution >= 0.6 is 0 Å². The van der Waals surface area contributed by atoms with E-state index in [2.05, 4.69) is 39.6 Å². The van der Waals surface area contributed by atoms with Crippen LogP contribution in [-0.2, 0) is 0 Å². The van der Waals surface area contributed by atoms with Crippen LogP contribution in [0.2, 0.25) is 0 Å². The Morgan fingerprint density at radius 3 is 2.48 bits per heavy atom. The Morgan fingerprint density at radius 1 is 1.11 bits per heavy atom. The summed E-state index contributed by atoms with van der Waals surface area (Å²) in [5.74, 6) is 0.729. The van der Waals surface area contributed by atoms with Crippen LogP contribution in [0.25, 0.3) is 11.4 Å². The number of aromatic amines is 1. The maximum absolute atomic E-state index is 12.6. The van der Waals surface area contributed by atoms with Crippen molar-refractivity contribution in [3.63, 3.8) is 0 Å². The van der Waals surface area contributed by atoms with Crippen LogP contribution < -0.4 is 10.9 Å². The molecule has 136 valence electrons.